The average molecular weight is 693 g/mol. The van der Waals surface area contributed by atoms with E-state index in [0.29, 0.717) is 77.0 Å². The van der Waals surface area contributed by atoms with E-state index in [1.807, 2.05) is 0 Å². The van der Waals surface area contributed by atoms with Crippen LogP contribution in [0.25, 0.3) is 0 Å². The summed E-state index contributed by atoms with van der Waals surface area (Å²) in [7, 11) is 0. The molecule has 278 valence electrons. The molecule has 0 aromatic rings. The van der Waals surface area contributed by atoms with Gasteiger partial charge in [0, 0.05) is 38.5 Å². The molecule has 0 radical (unpaired) electrons. The third-order valence-electron chi connectivity index (χ3n) is 6.76. The molecule has 0 aliphatic heterocycles. The number of ether oxygens (including phenoxy) is 6. The van der Waals surface area contributed by atoms with E-state index in [1.165, 1.54) is 0 Å². The molecular formula is C33H56O15. The summed E-state index contributed by atoms with van der Waals surface area (Å²) in [4.78, 5) is 71.4. The largest absolute Gasteiger partial charge is 0.463 e. The van der Waals surface area contributed by atoms with E-state index in [-0.39, 0.29) is 109 Å². The number of aliphatic hydroxyl groups is 3. The van der Waals surface area contributed by atoms with Crippen molar-refractivity contribution in [2.24, 2.45) is 0 Å². The van der Waals surface area contributed by atoms with Gasteiger partial charge in [0.1, 0.15) is 33.0 Å². The monoisotopic (exact) mass is 692 g/mol. The van der Waals surface area contributed by atoms with Crippen LogP contribution in [0.3, 0.4) is 0 Å². The van der Waals surface area contributed by atoms with Crippen molar-refractivity contribution in [3.63, 3.8) is 0 Å². The van der Waals surface area contributed by atoms with Crippen LogP contribution in [0.1, 0.15) is 116 Å². The molecule has 0 spiro atoms. The van der Waals surface area contributed by atoms with Gasteiger partial charge in [0.25, 0.3) is 0 Å². The van der Waals surface area contributed by atoms with Crippen molar-refractivity contribution in [1.29, 1.82) is 0 Å². The Labute approximate surface area is 282 Å². The topological polar surface area (TPSA) is 218 Å². The predicted octanol–water partition coefficient (Wildman–Crippen LogP) is 2.61. The number of unbranched alkanes of at least 4 members (excludes halogenated alkanes) is 9. The maximum absolute atomic E-state index is 12.5. The van der Waals surface area contributed by atoms with E-state index in [1.54, 1.807) is 0 Å². The van der Waals surface area contributed by atoms with Gasteiger partial charge in [0.15, 0.2) is 6.10 Å². The standard InChI is InChI=1S/C33H56O15/c34-19-22-43-28(37)13-7-1-3-10-16-31(40)46-25-27(48-33(42)18-12-6-5-9-15-30(39)45-24-21-36)26-47-32(41)17-11-4-2-8-14-29(38)44-23-20-35/h27,34-36H,1-26H2. The predicted molar refractivity (Wildman–Crippen MR) is 169 cm³/mol. The van der Waals surface area contributed by atoms with Crippen LogP contribution in [0.2, 0.25) is 0 Å². The van der Waals surface area contributed by atoms with Crippen molar-refractivity contribution in [1.82, 2.24) is 0 Å². The lowest BCUT2D eigenvalue weighted by Crippen LogP contribution is -2.30. The molecule has 0 rings (SSSR count). The summed E-state index contributed by atoms with van der Waals surface area (Å²) < 4.78 is 30.4. The van der Waals surface area contributed by atoms with Gasteiger partial charge in [-0.2, -0.15) is 0 Å². The second-order valence-electron chi connectivity index (χ2n) is 11.1. The lowest BCUT2D eigenvalue weighted by Gasteiger charge is -2.18. The summed E-state index contributed by atoms with van der Waals surface area (Å²) in [5.41, 5.74) is 0. The molecule has 0 aliphatic carbocycles. The fourth-order valence-corrected chi connectivity index (χ4v) is 4.25. The third kappa shape index (κ3) is 30.1. The zero-order valence-corrected chi connectivity index (χ0v) is 28.2. The highest BCUT2D eigenvalue weighted by Gasteiger charge is 2.19. The van der Waals surface area contributed by atoms with Crippen molar-refractivity contribution in [2.75, 3.05) is 52.9 Å². The van der Waals surface area contributed by atoms with Crippen LogP contribution < -0.4 is 0 Å². The molecule has 0 amide bonds. The minimum absolute atomic E-state index is 0.0266. The number of carbonyl (C=O) groups is 6. The number of rotatable bonds is 32. The van der Waals surface area contributed by atoms with Crippen LogP contribution >= 0.6 is 0 Å². The summed E-state index contributed by atoms with van der Waals surface area (Å²) in [5.74, 6) is -2.68. The van der Waals surface area contributed by atoms with Gasteiger partial charge in [-0.3, -0.25) is 28.8 Å². The summed E-state index contributed by atoms with van der Waals surface area (Å²) in [6.07, 6.45) is 7.59. The van der Waals surface area contributed by atoms with Gasteiger partial charge in [-0.15, -0.1) is 0 Å². The van der Waals surface area contributed by atoms with Gasteiger partial charge in [-0.1, -0.05) is 38.5 Å². The maximum Gasteiger partial charge on any atom is 0.306 e. The second-order valence-corrected chi connectivity index (χ2v) is 11.1. The Morgan fingerprint density at radius 1 is 0.354 bits per heavy atom. The molecule has 0 saturated heterocycles. The Balaban J connectivity index is 4.51. The Morgan fingerprint density at radius 3 is 0.875 bits per heavy atom. The molecule has 0 fully saturated rings. The molecule has 48 heavy (non-hydrogen) atoms. The summed E-state index contributed by atoms with van der Waals surface area (Å²) in [6, 6.07) is 0. The average Bonchev–Trinajstić information content (AvgIpc) is 3.07. The Kier molecular flexibility index (Phi) is 30.0. The van der Waals surface area contributed by atoms with E-state index < -0.39 is 24.0 Å². The smallest absolute Gasteiger partial charge is 0.306 e. The van der Waals surface area contributed by atoms with Gasteiger partial charge in [0.2, 0.25) is 0 Å². The lowest BCUT2D eigenvalue weighted by molar-refractivity contribution is -0.167. The molecule has 0 unspecified atom stereocenters. The summed E-state index contributed by atoms with van der Waals surface area (Å²) >= 11 is 0. The van der Waals surface area contributed by atoms with Gasteiger partial charge in [0.05, 0.1) is 19.8 Å². The number of aliphatic hydroxyl groups excluding tert-OH is 3. The highest BCUT2D eigenvalue weighted by Crippen LogP contribution is 2.11. The molecule has 0 heterocycles. The van der Waals surface area contributed by atoms with Crippen molar-refractivity contribution >= 4 is 35.8 Å². The van der Waals surface area contributed by atoms with Crippen LogP contribution in [0.5, 0.6) is 0 Å². The van der Waals surface area contributed by atoms with E-state index in [4.69, 9.17) is 43.7 Å². The Bertz CT molecular complexity index is 844. The van der Waals surface area contributed by atoms with Crippen molar-refractivity contribution in [3.05, 3.63) is 0 Å². The van der Waals surface area contributed by atoms with Crippen LogP contribution in [0.15, 0.2) is 0 Å². The van der Waals surface area contributed by atoms with E-state index >= 15 is 0 Å². The highest BCUT2D eigenvalue weighted by molar-refractivity contribution is 5.71. The quantitative estimate of drug-likeness (QED) is 0.0524. The minimum atomic E-state index is -0.985. The van der Waals surface area contributed by atoms with Crippen LogP contribution in [-0.2, 0) is 57.2 Å². The lowest BCUT2D eigenvalue weighted by atomic mass is 10.1. The van der Waals surface area contributed by atoms with E-state index in [0.717, 1.165) is 0 Å². The zero-order chi connectivity index (χ0) is 35.7. The van der Waals surface area contributed by atoms with Crippen LogP contribution in [0, 0.1) is 0 Å². The second kappa shape index (κ2) is 32.3. The molecule has 0 aromatic heterocycles. The van der Waals surface area contributed by atoms with Crippen molar-refractivity contribution in [3.8, 4) is 0 Å². The number of esters is 6. The first-order valence-electron chi connectivity index (χ1n) is 17.0. The molecule has 15 nitrogen and oxygen atoms in total. The molecule has 0 aliphatic rings. The van der Waals surface area contributed by atoms with Gasteiger partial charge in [-0.25, -0.2) is 0 Å². The first kappa shape index (κ1) is 44.7. The molecular weight excluding hydrogens is 636 g/mol. The molecule has 0 aromatic carbocycles. The maximum atomic E-state index is 12.5. The Morgan fingerprint density at radius 2 is 0.604 bits per heavy atom. The molecule has 0 saturated carbocycles. The van der Waals surface area contributed by atoms with Crippen molar-refractivity contribution < 1.29 is 72.5 Å². The normalized spacial score (nSPS) is 10.8. The van der Waals surface area contributed by atoms with Crippen LogP contribution in [-0.4, -0.2) is 110 Å². The summed E-state index contributed by atoms with van der Waals surface area (Å²) in [6.45, 7) is -1.32. The number of carbonyl (C=O) groups excluding carboxylic acids is 6. The van der Waals surface area contributed by atoms with E-state index in [2.05, 4.69) is 0 Å². The zero-order valence-electron chi connectivity index (χ0n) is 28.2. The molecule has 0 atom stereocenters. The number of hydrogen-bond acceptors (Lipinski definition) is 15. The van der Waals surface area contributed by atoms with E-state index in [9.17, 15) is 28.8 Å². The SMILES string of the molecule is O=C(CCCCCCC(=O)OCC(COC(=O)CCCCCCC(=O)OCCO)OC(=O)CCCCCCC(=O)OCCO)OCCO. The third-order valence-corrected chi connectivity index (χ3v) is 6.76. The molecule has 15 heteroatoms. The van der Waals surface area contributed by atoms with Gasteiger partial charge >= 0.3 is 35.8 Å². The highest BCUT2D eigenvalue weighted by atomic mass is 16.6. The van der Waals surface area contributed by atoms with Gasteiger partial charge < -0.3 is 43.7 Å². The van der Waals surface area contributed by atoms with Crippen LogP contribution in [0.4, 0.5) is 0 Å². The molecule has 3 N–H and O–H groups in total. The molecule has 0 bridgehead atoms. The Hall–Kier alpha value is -3.30. The fourth-order valence-electron chi connectivity index (χ4n) is 4.25. The van der Waals surface area contributed by atoms with Crippen molar-refractivity contribution in [2.45, 2.75) is 122 Å². The number of hydrogen-bond donors (Lipinski definition) is 3. The van der Waals surface area contributed by atoms with Gasteiger partial charge in [-0.05, 0) is 38.5 Å². The summed E-state index contributed by atoms with van der Waals surface area (Å²) in [5, 5.41) is 26.0. The fraction of sp³-hybridized carbons (Fsp3) is 0.818. The first-order valence-corrected chi connectivity index (χ1v) is 17.0. The minimum Gasteiger partial charge on any atom is -0.463 e. The first-order chi connectivity index (χ1) is 23.2.